The zero-order valence-electron chi connectivity index (χ0n) is 12.1. The number of amides is 1. The van der Waals surface area contributed by atoms with Crippen molar-refractivity contribution in [2.45, 2.75) is 33.1 Å². The van der Waals surface area contributed by atoms with Crippen molar-refractivity contribution < 1.29 is 4.79 Å². The second-order valence-electron chi connectivity index (χ2n) is 5.91. The van der Waals surface area contributed by atoms with Gasteiger partial charge in [-0.3, -0.25) is 4.79 Å². The Hall–Kier alpha value is -0.610. The van der Waals surface area contributed by atoms with Gasteiger partial charge in [-0.25, -0.2) is 0 Å². The van der Waals surface area contributed by atoms with Crippen molar-refractivity contribution in [3.63, 3.8) is 0 Å². The molecule has 1 rings (SSSR count). The Morgan fingerprint density at radius 1 is 1.39 bits per heavy atom. The summed E-state index contributed by atoms with van der Waals surface area (Å²) < 4.78 is 0. The second kappa shape index (κ2) is 7.74. The second-order valence-corrected chi connectivity index (χ2v) is 5.91. The third kappa shape index (κ3) is 4.94. The van der Waals surface area contributed by atoms with Crippen LogP contribution in [0.2, 0.25) is 0 Å². The topological polar surface area (TPSA) is 58.4 Å². The predicted molar refractivity (Wildman–Crippen MR) is 75.2 cm³/mol. The highest BCUT2D eigenvalue weighted by Crippen LogP contribution is 2.18. The van der Waals surface area contributed by atoms with Crippen LogP contribution in [-0.4, -0.2) is 44.0 Å². The average Bonchev–Trinajstić information content (AvgIpc) is 2.32. The van der Waals surface area contributed by atoms with Gasteiger partial charge in [0.05, 0.1) is 5.92 Å². The summed E-state index contributed by atoms with van der Waals surface area (Å²) in [7, 11) is 2.17. The van der Waals surface area contributed by atoms with E-state index in [0.717, 1.165) is 18.9 Å². The van der Waals surface area contributed by atoms with E-state index in [2.05, 4.69) is 17.3 Å². The first-order chi connectivity index (χ1) is 8.54. The minimum absolute atomic E-state index is 0.0394. The molecule has 106 valence electrons. The summed E-state index contributed by atoms with van der Waals surface area (Å²) >= 11 is 0. The van der Waals surface area contributed by atoms with Crippen molar-refractivity contribution in [3.8, 4) is 0 Å². The normalized spacial score (nSPS) is 20.1. The number of piperidine rings is 1. The smallest absolute Gasteiger partial charge is 0.224 e. The molecule has 1 amide bonds. The molecule has 1 aliphatic rings. The quantitative estimate of drug-likeness (QED) is 0.746. The number of carbonyl (C=O) groups is 1. The van der Waals surface area contributed by atoms with Gasteiger partial charge in [-0.05, 0) is 51.2 Å². The summed E-state index contributed by atoms with van der Waals surface area (Å²) in [6.07, 6.45) is 3.63. The van der Waals surface area contributed by atoms with Gasteiger partial charge in [0.2, 0.25) is 5.91 Å². The van der Waals surface area contributed by atoms with Crippen LogP contribution in [0.4, 0.5) is 0 Å². The number of nitrogens with two attached hydrogens (primary N) is 1. The van der Waals surface area contributed by atoms with Crippen LogP contribution in [0.25, 0.3) is 0 Å². The summed E-state index contributed by atoms with van der Waals surface area (Å²) in [5, 5.41) is 3.04. The van der Waals surface area contributed by atoms with Gasteiger partial charge in [-0.2, -0.15) is 0 Å². The first-order valence-corrected chi connectivity index (χ1v) is 7.21. The molecule has 1 fully saturated rings. The van der Waals surface area contributed by atoms with Crippen LogP contribution in [0.15, 0.2) is 0 Å². The van der Waals surface area contributed by atoms with Gasteiger partial charge in [0.15, 0.2) is 0 Å². The predicted octanol–water partition coefficient (Wildman–Crippen LogP) is 1.07. The first-order valence-electron chi connectivity index (χ1n) is 7.21. The van der Waals surface area contributed by atoms with E-state index in [9.17, 15) is 4.79 Å². The van der Waals surface area contributed by atoms with Gasteiger partial charge in [0.1, 0.15) is 0 Å². The molecule has 4 heteroatoms. The molecule has 0 saturated carbocycles. The number of hydrogen-bond acceptors (Lipinski definition) is 3. The van der Waals surface area contributed by atoms with Gasteiger partial charge < -0.3 is 16.0 Å². The number of rotatable bonds is 6. The largest absolute Gasteiger partial charge is 0.356 e. The molecule has 0 aromatic carbocycles. The molecule has 1 saturated heterocycles. The number of nitrogens with one attached hydrogen (secondary N) is 1. The van der Waals surface area contributed by atoms with Crippen molar-refractivity contribution in [1.82, 2.24) is 10.2 Å². The summed E-state index contributed by atoms with van der Waals surface area (Å²) in [5.41, 5.74) is 5.64. The molecule has 4 nitrogen and oxygen atoms in total. The molecule has 0 aromatic heterocycles. The summed E-state index contributed by atoms with van der Waals surface area (Å²) in [6, 6.07) is 0. The van der Waals surface area contributed by atoms with Crippen molar-refractivity contribution in [2.75, 3.05) is 33.2 Å². The minimum atomic E-state index is -0.0394. The Bertz CT molecular complexity index is 247. The van der Waals surface area contributed by atoms with E-state index in [4.69, 9.17) is 5.73 Å². The van der Waals surface area contributed by atoms with E-state index in [1.165, 1.54) is 25.9 Å². The van der Waals surface area contributed by atoms with Crippen molar-refractivity contribution in [1.29, 1.82) is 0 Å². The third-order valence-electron chi connectivity index (χ3n) is 4.09. The summed E-state index contributed by atoms with van der Waals surface area (Å²) in [5.74, 6) is 1.18. The number of hydrogen-bond donors (Lipinski definition) is 2. The molecule has 18 heavy (non-hydrogen) atoms. The van der Waals surface area contributed by atoms with E-state index in [1.54, 1.807) is 0 Å². The lowest BCUT2D eigenvalue weighted by molar-refractivity contribution is -0.126. The third-order valence-corrected chi connectivity index (χ3v) is 4.09. The lowest BCUT2D eigenvalue weighted by Crippen LogP contribution is -2.39. The molecule has 1 aliphatic heterocycles. The van der Waals surface area contributed by atoms with Crippen LogP contribution >= 0.6 is 0 Å². The Morgan fingerprint density at radius 3 is 2.50 bits per heavy atom. The monoisotopic (exact) mass is 255 g/mol. The fourth-order valence-electron chi connectivity index (χ4n) is 2.56. The molecule has 1 heterocycles. The van der Waals surface area contributed by atoms with Gasteiger partial charge >= 0.3 is 0 Å². The van der Waals surface area contributed by atoms with Crippen molar-refractivity contribution in [3.05, 3.63) is 0 Å². The molecule has 1 unspecified atom stereocenters. The molecule has 0 spiro atoms. The Kier molecular flexibility index (Phi) is 6.65. The van der Waals surface area contributed by atoms with Crippen LogP contribution in [0.5, 0.6) is 0 Å². The van der Waals surface area contributed by atoms with E-state index in [1.807, 2.05) is 13.8 Å². The number of carbonyl (C=O) groups excluding carboxylic acids is 1. The molecule has 1 atom stereocenters. The Balaban J connectivity index is 2.19. The lowest BCUT2D eigenvalue weighted by atomic mass is 9.93. The van der Waals surface area contributed by atoms with Gasteiger partial charge in [0.25, 0.3) is 0 Å². The Morgan fingerprint density at radius 2 is 2.00 bits per heavy atom. The summed E-state index contributed by atoms with van der Waals surface area (Å²) in [6.45, 7) is 7.72. The first kappa shape index (κ1) is 15.4. The molecule has 0 aliphatic carbocycles. The highest BCUT2D eigenvalue weighted by atomic mass is 16.1. The maximum Gasteiger partial charge on any atom is 0.224 e. The van der Waals surface area contributed by atoms with Crippen LogP contribution in [0, 0.1) is 17.8 Å². The average molecular weight is 255 g/mol. The van der Waals surface area contributed by atoms with Crippen LogP contribution < -0.4 is 11.1 Å². The highest BCUT2D eigenvalue weighted by molar-refractivity contribution is 5.79. The van der Waals surface area contributed by atoms with Crippen LogP contribution in [0.3, 0.4) is 0 Å². The van der Waals surface area contributed by atoms with Crippen molar-refractivity contribution in [2.24, 2.45) is 23.5 Å². The molecule has 3 N–H and O–H groups in total. The number of nitrogens with zero attached hydrogens (tertiary/aromatic N) is 1. The molecule has 0 bridgehead atoms. The van der Waals surface area contributed by atoms with Crippen molar-refractivity contribution >= 4 is 5.91 Å². The van der Waals surface area contributed by atoms with Crippen LogP contribution in [-0.2, 0) is 4.79 Å². The van der Waals surface area contributed by atoms with Gasteiger partial charge in [-0.1, -0.05) is 13.8 Å². The molecular formula is C14H29N3O. The van der Waals surface area contributed by atoms with E-state index in [0.29, 0.717) is 12.5 Å². The van der Waals surface area contributed by atoms with Crippen LogP contribution in [0.1, 0.15) is 33.1 Å². The van der Waals surface area contributed by atoms with Gasteiger partial charge in [-0.15, -0.1) is 0 Å². The molecule has 0 aromatic rings. The fourth-order valence-corrected chi connectivity index (χ4v) is 2.56. The molecular weight excluding hydrogens is 226 g/mol. The lowest BCUT2D eigenvalue weighted by Gasteiger charge is -2.29. The van der Waals surface area contributed by atoms with E-state index < -0.39 is 0 Å². The van der Waals surface area contributed by atoms with Gasteiger partial charge in [0, 0.05) is 13.1 Å². The minimum Gasteiger partial charge on any atom is -0.356 e. The fraction of sp³-hybridized carbons (Fsp3) is 0.929. The summed E-state index contributed by atoms with van der Waals surface area (Å²) in [4.78, 5) is 14.3. The molecule has 0 radical (unpaired) electrons. The Labute approximate surface area is 111 Å². The maximum absolute atomic E-state index is 11.9. The zero-order chi connectivity index (χ0) is 13.5. The maximum atomic E-state index is 11.9. The van der Waals surface area contributed by atoms with E-state index >= 15 is 0 Å². The standard InChI is InChI=1S/C14H29N3O/c1-11(2)13(10-15)14(18)16-7-4-12-5-8-17(3)9-6-12/h11-13H,4-10,15H2,1-3H3,(H,16,18). The number of likely N-dealkylation sites (tertiary alicyclic amines) is 1. The highest BCUT2D eigenvalue weighted by Gasteiger charge is 2.21. The SMILES string of the molecule is CC(C)C(CN)C(=O)NCCC1CCN(C)CC1. The zero-order valence-corrected chi connectivity index (χ0v) is 12.1. The van der Waals surface area contributed by atoms with E-state index in [-0.39, 0.29) is 11.8 Å².